The average molecular weight is 280 g/mol. The number of hydrogen-bond acceptors (Lipinski definition) is 5. The molecule has 20 heavy (non-hydrogen) atoms. The van der Waals surface area contributed by atoms with Gasteiger partial charge in [0.15, 0.2) is 0 Å². The summed E-state index contributed by atoms with van der Waals surface area (Å²) in [7, 11) is 1.48. The van der Waals surface area contributed by atoms with Crippen molar-refractivity contribution < 1.29 is 29.0 Å². The molecule has 0 fully saturated rings. The number of rotatable bonds is 9. The first-order chi connectivity index (χ1) is 9.56. The van der Waals surface area contributed by atoms with Crippen molar-refractivity contribution in [1.29, 1.82) is 0 Å². The maximum Gasteiger partial charge on any atom is 0.303 e. The van der Waals surface area contributed by atoms with Gasteiger partial charge in [-0.2, -0.15) is 0 Å². The lowest BCUT2D eigenvalue weighted by Crippen LogP contribution is -2.06. The molecule has 6 nitrogen and oxygen atoms in total. The van der Waals surface area contributed by atoms with Crippen LogP contribution < -0.4 is 9.47 Å². The fourth-order valence-electron chi connectivity index (χ4n) is 1.76. The van der Waals surface area contributed by atoms with Gasteiger partial charge >= 0.3 is 5.97 Å². The molecule has 0 aliphatic heterocycles. The van der Waals surface area contributed by atoms with E-state index in [1.165, 1.54) is 7.11 Å². The number of carbonyl (C=O) groups excluding carboxylic acids is 2. The molecule has 0 saturated carbocycles. The van der Waals surface area contributed by atoms with Gasteiger partial charge < -0.3 is 14.6 Å². The summed E-state index contributed by atoms with van der Waals surface area (Å²) in [4.78, 5) is 32.4. The van der Waals surface area contributed by atoms with Gasteiger partial charge in [0.1, 0.15) is 17.3 Å². The third-order valence-electron chi connectivity index (χ3n) is 2.67. The molecule has 1 rings (SSSR count). The summed E-state index contributed by atoms with van der Waals surface area (Å²) in [5.74, 6) is -0.159. The Morgan fingerprint density at radius 1 is 1.30 bits per heavy atom. The monoisotopic (exact) mass is 280 g/mol. The molecule has 0 radical (unpaired) electrons. The summed E-state index contributed by atoms with van der Waals surface area (Å²) in [5.41, 5.74) is 0.604. The van der Waals surface area contributed by atoms with Gasteiger partial charge in [0.05, 0.1) is 7.11 Å². The Morgan fingerprint density at radius 2 is 2.05 bits per heavy atom. The van der Waals surface area contributed by atoms with E-state index in [0.717, 1.165) is 0 Å². The summed E-state index contributed by atoms with van der Waals surface area (Å²) in [5, 5.41) is 8.51. The predicted octanol–water partition coefficient (Wildman–Crippen LogP) is 1.60. The fraction of sp³-hybridized carbons (Fsp3) is 0.357. The molecule has 0 saturated heterocycles. The van der Waals surface area contributed by atoms with Gasteiger partial charge in [-0.15, -0.1) is 0 Å². The highest BCUT2D eigenvalue weighted by molar-refractivity contribution is 5.82. The topological polar surface area (TPSA) is 89.9 Å². The smallest absolute Gasteiger partial charge is 0.303 e. The van der Waals surface area contributed by atoms with Gasteiger partial charge in [0, 0.05) is 24.8 Å². The number of Topliss-reactive ketones (excluding diaryl/α,β-unsaturated/α-hetero) is 1. The summed E-state index contributed by atoms with van der Waals surface area (Å²) in [6.45, 7) is 0.306. The van der Waals surface area contributed by atoms with Crippen LogP contribution in [0, 0.1) is 0 Å². The van der Waals surface area contributed by atoms with Crippen LogP contribution in [-0.2, 0) is 20.8 Å². The molecule has 0 atom stereocenters. The fourth-order valence-corrected chi connectivity index (χ4v) is 1.76. The van der Waals surface area contributed by atoms with Gasteiger partial charge in [0.2, 0.25) is 0 Å². The first-order valence-electron chi connectivity index (χ1n) is 6.07. The van der Waals surface area contributed by atoms with Crippen molar-refractivity contribution in [3.8, 4) is 11.5 Å². The van der Waals surface area contributed by atoms with Crippen LogP contribution >= 0.6 is 0 Å². The van der Waals surface area contributed by atoms with Crippen LogP contribution in [0.3, 0.4) is 0 Å². The van der Waals surface area contributed by atoms with E-state index in [2.05, 4.69) is 0 Å². The molecule has 6 heteroatoms. The Morgan fingerprint density at radius 3 is 2.65 bits per heavy atom. The zero-order chi connectivity index (χ0) is 15.0. The Hall–Kier alpha value is -2.37. The molecule has 0 amide bonds. The maximum absolute atomic E-state index is 11.8. The molecule has 0 aliphatic rings. The third kappa shape index (κ3) is 5.09. The van der Waals surface area contributed by atoms with Gasteiger partial charge in [-0.05, 0) is 24.6 Å². The van der Waals surface area contributed by atoms with Crippen molar-refractivity contribution in [2.75, 3.05) is 7.11 Å². The number of carboxylic acid groups (broad SMARTS) is 1. The van der Waals surface area contributed by atoms with Crippen molar-refractivity contribution >= 4 is 18.2 Å². The number of methoxy groups -OCH3 is 1. The zero-order valence-corrected chi connectivity index (χ0v) is 11.1. The summed E-state index contributed by atoms with van der Waals surface area (Å²) >= 11 is 0. The number of carbonyl (C=O) groups is 3. The molecule has 0 heterocycles. The van der Waals surface area contributed by atoms with Gasteiger partial charge in [-0.25, -0.2) is 0 Å². The predicted molar refractivity (Wildman–Crippen MR) is 69.9 cm³/mol. The summed E-state index contributed by atoms with van der Waals surface area (Å²) in [6, 6.07) is 4.73. The first kappa shape index (κ1) is 15.7. The van der Waals surface area contributed by atoms with Gasteiger partial charge in [-0.3, -0.25) is 14.4 Å². The molecule has 108 valence electrons. The summed E-state index contributed by atoms with van der Waals surface area (Å²) in [6.07, 6.45) is 0.575. The van der Waals surface area contributed by atoms with Crippen LogP contribution in [0.2, 0.25) is 0 Å². The van der Waals surface area contributed by atoms with Gasteiger partial charge in [0.25, 0.3) is 6.47 Å². The minimum atomic E-state index is -0.920. The molecule has 0 spiro atoms. The van der Waals surface area contributed by atoms with E-state index in [1.807, 2.05) is 0 Å². The average Bonchev–Trinajstić information content (AvgIpc) is 2.39. The number of carboxylic acids is 1. The number of ketones is 1. The van der Waals surface area contributed by atoms with Crippen LogP contribution in [0.5, 0.6) is 11.5 Å². The highest BCUT2D eigenvalue weighted by Gasteiger charge is 2.11. The van der Waals surface area contributed by atoms with Crippen molar-refractivity contribution in [2.24, 2.45) is 0 Å². The minimum Gasteiger partial charge on any atom is -0.496 e. The molecule has 1 aromatic rings. The standard InChI is InChI=1S/C14H16O6/c1-19-13-6-5-12(20-9-15)8-10(13)7-11(16)3-2-4-14(17)18/h5-6,8-9H,2-4,7H2,1H3,(H,17,18). The Balaban J connectivity index is 2.68. The molecule has 0 unspecified atom stereocenters. The van der Waals surface area contributed by atoms with Crippen molar-refractivity contribution in [3.63, 3.8) is 0 Å². The molecule has 1 N–H and O–H groups in total. The number of hydrogen-bond donors (Lipinski definition) is 1. The lowest BCUT2D eigenvalue weighted by molar-refractivity contribution is -0.137. The van der Waals surface area contributed by atoms with Crippen molar-refractivity contribution in [2.45, 2.75) is 25.7 Å². The second-order valence-electron chi connectivity index (χ2n) is 4.15. The molecule has 0 aromatic heterocycles. The van der Waals surface area contributed by atoms with E-state index in [1.54, 1.807) is 18.2 Å². The summed E-state index contributed by atoms with van der Waals surface area (Å²) < 4.78 is 9.85. The number of aliphatic carboxylic acids is 1. The largest absolute Gasteiger partial charge is 0.496 e. The van der Waals surface area contributed by atoms with E-state index >= 15 is 0 Å². The normalized spacial score (nSPS) is 9.85. The second kappa shape index (κ2) is 7.93. The highest BCUT2D eigenvalue weighted by atomic mass is 16.5. The Kier molecular flexibility index (Phi) is 6.22. The SMILES string of the molecule is COc1ccc(OC=O)cc1CC(=O)CCCC(=O)O. The van der Waals surface area contributed by atoms with Crippen LogP contribution in [0.25, 0.3) is 0 Å². The van der Waals surface area contributed by atoms with E-state index in [0.29, 0.717) is 30.0 Å². The lowest BCUT2D eigenvalue weighted by Gasteiger charge is -2.09. The quantitative estimate of drug-likeness (QED) is 0.691. The maximum atomic E-state index is 11.8. The van der Waals surface area contributed by atoms with E-state index in [-0.39, 0.29) is 25.0 Å². The van der Waals surface area contributed by atoms with E-state index in [4.69, 9.17) is 14.6 Å². The van der Waals surface area contributed by atoms with Crippen LogP contribution in [0.4, 0.5) is 0 Å². The molecule has 0 bridgehead atoms. The Bertz CT molecular complexity index is 494. The zero-order valence-electron chi connectivity index (χ0n) is 11.1. The lowest BCUT2D eigenvalue weighted by atomic mass is 10.0. The number of ether oxygens (including phenoxy) is 2. The van der Waals surface area contributed by atoms with Crippen LogP contribution in [-0.4, -0.2) is 30.4 Å². The van der Waals surface area contributed by atoms with Crippen LogP contribution in [0.1, 0.15) is 24.8 Å². The van der Waals surface area contributed by atoms with Crippen molar-refractivity contribution in [1.82, 2.24) is 0 Å². The highest BCUT2D eigenvalue weighted by Crippen LogP contribution is 2.25. The molecular formula is C14H16O6. The Labute approximate surface area is 116 Å². The molecule has 1 aromatic carbocycles. The number of benzene rings is 1. The van der Waals surface area contributed by atoms with Crippen molar-refractivity contribution in [3.05, 3.63) is 23.8 Å². The first-order valence-corrected chi connectivity index (χ1v) is 6.07. The second-order valence-corrected chi connectivity index (χ2v) is 4.15. The molecule has 0 aliphatic carbocycles. The van der Waals surface area contributed by atoms with E-state index < -0.39 is 5.97 Å². The minimum absolute atomic E-state index is 0.0306. The van der Waals surface area contributed by atoms with Crippen LogP contribution in [0.15, 0.2) is 18.2 Å². The van der Waals surface area contributed by atoms with Gasteiger partial charge in [-0.1, -0.05) is 0 Å². The molecular weight excluding hydrogens is 264 g/mol. The third-order valence-corrected chi connectivity index (χ3v) is 2.67. The van der Waals surface area contributed by atoms with E-state index in [9.17, 15) is 14.4 Å².